The van der Waals surface area contributed by atoms with Crippen molar-refractivity contribution in [1.29, 1.82) is 0 Å². The lowest BCUT2D eigenvalue weighted by atomic mass is 9.99. The number of benzene rings is 1. The minimum Gasteiger partial charge on any atom is -0.493 e. The maximum Gasteiger partial charge on any atom is 0.161 e. The molecule has 1 rings (SSSR count). The van der Waals surface area contributed by atoms with E-state index in [0.717, 1.165) is 5.56 Å². The summed E-state index contributed by atoms with van der Waals surface area (Å²) in [5, 5.41) is 10.2. The topological polar surface area (TPSA) is 64.7 Å². The van der Waals surface area contributed by atoms with Crippen LogP contribution in [0.1, 0.15) is 45.2 Å². The van der Waals surface area contributed by atoms with Crippen LogP contribution < -0.4 is 15.2 Å². The van der Waals surface area contributed by atoms with E-state index in [1.54, 1.807) is 7.11 Å². The van der Waals surface area contributed by atoms with Crippen LogP contribution in [0.2, 0.25) is 0 Å². The molecule has 1 aromatic rings. The molecule has 3 N–H and O–H groups in total. The van der Waals surface area contributed by atoms with E-state index >= 15 is 0 Å². The van der Waals surface area contributed by atoms with Gasteiger partial charge >= 0.3 is 0 Å². The molecule has 19 heavy (non-hydrogen) atoms. The second-order valence-corrected chi connectivity index (χ2v) is 4.92. The lowest BCUT2D eigenvalue weighted by molar-refractivity contribution is -0.0119. The average Bonchev–Trinajstić information content (AvgIpc) is 2.44. The van der Waals surface area contributed by atoms with E-state index in [1.807, 2.05) is 39.0 Å². The van der Waals surface area contributed by atoms with Crippen molar-refractivity contribution in [1.82, 2.24) is 0 Å². The van der Waals surface area contributed by atoms with Gasteiger partial charge in [0.2, 0.25) is 0 Å². The smallest absolute Gasteiger partial charge is 0.161 e. The van der Waals surface area contributed by atoms with Crippen molar-refractivity contribution in [2.24, 2.45) is 5.73 Å². The fourth-order valence-electron chi connectivity index (χ4n) is 1.75. The Morgan fingerprint density at radius 1 is 1.26 bits per heavy atom. The van der Waals surface area contributed by atoms with Crippen molar-refractivity contribution in [3.63, 3.8) is 0 Å². The number of aliphatic hydroxyl groups is 1. The van der Waals surface area contributed by atoms with Crippen LogP contribution in [0.25, 0.3) is 0 Å². The summed E-state index contributed by atoms with van der Waals surface area (Å²) in [5.74, 6) is 1.27. The van der Waals surface area contributed by atoms with Crippen molar-refractivity contribution in [3.05, 3.63) is 23.8 Å². The first-order valence-electron chi connectivity index (χ1n) is 6.74. The molecule has 0 aliphatic rings. The standard InChI is InChI=1S/C15H25NO3/c1-5-15(17,6-2)10-19-13-8-7-12(11(3)16)9-14(13)18-4/h7-9,11,17H,5-6,10,16H2,1-4H3/t11-/m0/s1. The van der Waals surface area contributed by atoms with Gasteiger partial charge in [-0.3, -0.25) is 0 Å². The van der Waals surface area contributed by atoms with Gasteiger partial charge in [-0.05, 0) is 37.5 Å². The summed E-state index contributed by atoms with van der Waals surface area (Å²) in [6.07, 6.45) is 1.31. The lowest BCUT2D eigenvalue weighted by Gasteiger charge is -2.25. The minimum atomic E-state index is -0.787. The molecule has 0 aromatic heterocycles. The van der Waals surface area contributed by atoms with Crippen LogP contribution in [0.15, 0.2) is 18.2 Å². The van der Waals surface area contributed by atoms with Gasteiger partial charge in [-0.15, -0.1) is 0 Å². The third-order valence-corrected chi connectivity index (χ3v) is 3.53. The number of ether oxygens (including phenoxy) is 2. The van der Waals surface area contributed by atoms with Crippen molar-refractivity contribution >= 4 is 0 Å². The van der Waals surface area contributed by atoms with Gasteiger partial charge in [0.15, 0.2) is 11.5 Å². The molecule has 0 aliphatic heterocycles. The largest absolute Gasteiger partial charge is 0.493 e. The Morgan fingerprint density at radius 3 is 2.37 bits per heavy atom. The molecular weight excluding hydrogens is 242 g/mol. The van der Waals surface area contributed by atoms with Crippen LogP contribution in [-0.4, -0.2) is 24.4 Å². The van der Waals surface area contributed by atoms with E-state index in [9.17, 15) is 5.11 Å². The van der Waals surface area contributed by atoms with Crippen molar-refractivity contribution in [2.45, 2.75) is 45.3 Å². The quantitative estimate of drug-likeness (QED) is 0.797. The van der Waals surface area contributed by atoms with Crippen LogP contribution in [0.4, 0.5) is 0 Å². The fraction of sp³-hybridized carbons (Fsp3) is 0.600. The number of hydrogen-bond donors (Lipinski definition) is 2. The molecule has 0 radical (unpaired) electrons. The van der Waals surface area contributed by atoms with E-state index in [1.165, 1.54) is 0 Å². The summed E-state index contributed by atoms with van der Waals surface area (Å²) < 4.78 is 11.0. The second-order valence-electron chi connectivity index (χ2n) is 4.92. The van der Waals surface area contributed by atoms with Gasteiger partial charge in [0.25, 0.3) is 0 Å². The van der Waals surface area contributed by atoms with E-state index in [0.29, 0.717) is 24.3 Å². The molecule has 0 bridgehead atoms. The van der Waals surface area contributed by atoms with Crippen LogP contribution in [0.3, 0.4) is 0 Å². The average molecular weight is 267 g/mol. The lowest BCUT2D eigenvalue weighted by Crippen LogP contribution is -2.34. The Balaban J connectivity index is 2.84. The molecule has 0 heterocycles. The Hall–Kier alpha value is -1.26. The SMILES string of the molecule is CCC(O)(CC)COc1ccc([C@H](C)N)cc1OC. The maximum atomic E-state index is 10.2. The van der Waals surface area contributed by atoms with Gasteiger partial charge in [0.05, 0.1) is 12.7 Å². The molecule has 0 spiro atoms. The Labute approximate surface area is 115 Å². The predicted molar refractivity (Wildman–Crippen MR) is 76.6 cm³/mol. The summed E-state index contributed by atoms with van der Waals surface area (Å²) in [6, 6.07) is 5.57. The highest BCUT2D eigenvalue weighted by Gasteiger charge is 2.23. The summed E-state index contributed by atoms with van der Waals surface area (Å²) in [5.41, 5.74) is 6.04. The first kappa shape index (κ1) is 15.8. The van der Waals surface area contributed by atoms with Crippen molar-refractivity contribution in [3.8, 4) is 11.5 Å². The molecule has 4 heteroatoms. The number of methoxy groups -OCH3 is 1. The summed E-state index contributed by atoms with van der Waals surface area (Å²) in [6.45, 7) is 6.07. The van der Waals surface area contributed by atoms with E-state index in [4.69, 9.17) is 15.2 Å². The zero-order valence-electron chi connectivity index (χ0n) is 12.3. The molecular formula is C15H25NO3. The monoisotopic (exact) mass is 267 g/mol. The number of hydrogen-bond acceptors (Lipinski definition) is 4. The second kappa shape index (κ2) is 6.78. The first-order valence-corrected chi connectivity index (χ1v) is 6.74. The number of rotatable bonds is 7. The Kier molecular flexibility index (Phi) is 5.63. The molecule has 1 aromatic carbocycles. The number of nitrogens with two attached hydrogens (primary N) is 1. The molecule has 0 saturated carbocycles. The zero-order valence-corrected chi connectivity index (χ0v) is 12.3. The van der Waals surface area contributed by atoms with E-state index in [-0.39, 0.29) is 12.6 Å². The molecule has 0 amide bonds. The highest BCUT2D eigenvalue weighted by Crippen LogP contribution is 2.31. The summed E-state index contributed by atoms with van der Waals surface area (Å²) in [4.78, 5) is 0. The van der Waals surface area contributed by atoms with Gasteiger partial charge in [0, 0.05) is 6.04 Å². The van der Waals surface area contributed by atoms with Crippen LogP contribution in [-0.2, 0) is 0 Å². The van der Waals surface area contributed by atoms with Gasteiger partial charge in [-0.2, -0.15) is 0 Å². The molecule has 4 nitrogen and oxygen atoms in total. The fourth-order valence-corrected chi connectivity index (χ4v) is 1.75. The maximum absolute atomic E-state index is 10.2. The molecule has 0 unspecified atom stereocenters. The zero-order chi connectivity index (χ0) is 14.5. The van der Waals surface area contributed by atoms with E-state index < -0.39 is 5.60 Å². The Bertz CT molecular complexity index is 400. The molecule has 1 atom stereocenters. The molecule has 0 saturated heterocycles. The van der Waals surface area contributed by atoms with Gasteiger partial charge in [-0.1, -0.05) is 19.9 Å². The molecule has 108 valence electrons. The summed E-state index contributed by atoms with van der Waals surface area (Å²) >= 11 is 0. The van der Waals surface area contributed by atoms with Gasteiger partial charge in [-0.25, -0.2) is 0 Å². The van der Waals surface area contributed by atoms with Crippen molar-refractivity contribution < 1.29 is 14.6 Å². The highest BCUT2D eigenvalue weighted by atomic mass is 16.5. The third kappa shape index (κ3) is 4.11. The van der Waals surface area contributed by atoms with Crippen LogP contribution in [0.5, 0.6) is 11.5 Å². The summed E-state index contributed by atoms with van der Waals surface area (Å²) in [7, 11) is 1.60. The van der Waals surface area contributed by atoms with Gasteiger partial charge in [0.1, 0.15) is 6.61 Å². The predicted octanol–water partition coefficient (Wildman–Crippen LogP) is 2.64. The first-order chi connectivity index (χ1) is 8.95. The van der Waals surface area contributed by atoms with Crippen LogP contribution in [0, 0.1) is 0 Å². The third-order valence-electron chi connectivity index (χ3n) is 3.53. The van der Waals surface area contributed by atoms with Gasteiger partial charge < -0.3 is 20.3 Å². The van der Waals surface area contributed by atoms with E-state index in [2.05, 4.69) is 0 Å². The minimum absolute atomic E-state index is 0.0498. The van der Waals surface area contributed by atoms with Crippen LogP contribution >= 0.6 is 0 Å². The normalized spacial score (nSPS) is 13.2. The van der Waals surface area contributed by atoms with Crippen molar-refractivity contribution in [2.75, 3.05) is 13.7 Å². The molecule has 0 aliphatic carbocycles. The Morgan fingerprint density at radius 2 is 1.89 bits per heavy atom. The highest BCUT2D eigenvalue weighted by molar-refractivity contribution is 5.43. The molecule has 0 fully saturated rings.